The molecule has 0 aliphatic heterocycles. The van der Waals surface area contributed by atoms with Crippen LogP contribution < -0.4 is 10.2 Å². The van der Waals surface area contributed by atoms with E-state index in [1.165, 1.54) is 12.1 Å². The molecule has 0 spiro atoms. The summed E-state index contributed by atoms with van der Waals surface area (Å²) in [7, 11) is 1.61. The Morgan fingerprint density at radius 3 is 2.75 bits per heavy atom. The van der Waals surface area contributed by atoms with Gasteiger partial charge in [0.15, 0.2) is 0 Å². The van der Waals surface area contributed by atoms with E-state index in [0.717, 1.165) is 16.3 Å². The third-order valence-electron chi connectivity index (χ3n) is 3.59. The van der Waals surface area contributed by atoms with Crippen molar-refractivity contribution in [3.8, 4) is 5.75 Å². The topological polar surface area (TPSA) is 76.8 Å². The number of benzene rings is 3. The first-order valence-corrected chi connectivity index (χ1v) is 7.28. The van der Waals surface area contributed by atoms with Crippen LogP contribution in [-0.4, -0.2) is 18.2 Å². The largest absolute Gasteiger partial charge is 0.496 e. The van der Waals surface area contributed by atoms with Crippen LogP contribution in [0.3, 0.4) is 0 Å². The van der Waals surface area contributed by atoms with Gasteiger partial charge in [-0.2, -0.15) is 5.10 Å². The van der Waals surface area contributed by atoms with Crippen molar-refractivity contribution in [3.63, 3.8) is 0 Å². The molecule has 0 bridgehead atoms. The molecule has 0 aliphatic rings. The van der Waals surface area contributed by atoms with E-state index in [9.17, 15) is 10.1 Å². The number of hydrazone groups is 1. The molecule has 3 rings (SSSR count). The van der Waals surface area contributed by atoms with Gasteiger partial charge in [0.05, 0.1) is 23.9 Å². The minimum atomic E-state index is -0.442. The molecule has 0 unspecified atom stereocenters. The van der Waals surface area contributed by atoms with Gasteiger partial charge in [0.25, 0.3) is 5.69 Å². The normalized spacial score (nSPS) is 10.9. The predicted octanol–water partition coefficient (Wildman–Crippen LogP) is 4.20. The summed E-state index contributed by atoms with van der Waals surface area (Å²) in [5, 5.41) is 17.1. The van der Waals surface area contributed by atoms with E-state index in [2.05, 4.69) is 10.5 Å². The summed E-state index contributed by atoms with van der Waals surface area (Å²) in [4.78, 5) is 10.4. The molecule has 0 fully saturated rings. The number of rotatable bonds is 5. The number of nitrogens with zero attached hydrogens (tertiary/aromatic N) is 2. The Balaban J connectivity index is 1.90. The third kappa shape index (κ3) is 3.17. The van der Waals surface area contributed by atoms with Gasteiger partial charge in [0, 0.05) is 17.7 Å². The lowest BCUT2D eigenvalue weighted by molar-refractivity contribution is -0.384. The van der Waals surface area contributed by atoms with E-state index in [4.69, 9.17) is 4.74 Å². The summed E-state index contributed by atoms with van der Waals surface area (Å²) in [6.07, 6.45) is 1.65. The van der Waals surface area contributed by atoms with Crippen molar-refractivity contribution in [1.29, 1.82) is 0 Å². The number of hydrogen-bond donors (Lipinski definition) is 1. The standard InChI is InChI=1S/C18H15N3O3/c1-24-18-10-9-13-5-2-3-8-16(13)17(18)12-19-20-14-6-4-7-15(11-14)21(22)23/h2-12,20H,1H3/b19-12-. The maximum Gasteiger partial charge on any atom is 0.271 e. The number of nitro groups is 1. The molecule has 3 aromatic carbocycles. The van der Waals surface area contributed by atoms with Gasteiger partial charge >= 0.3 is 0 Å². The van der Waals surface area contributed by atoms with Crippen molar-refractivity contribution in [1.82, 2.24) is 0 Å². The summed E-state index contributed by atoms with van der Waals surface area (Å²) < 4.78 is 5.40. The summed E-state index contributed by atoms with van der Waals surface area (Å²) >= 11 is 0. The Labute approximate surface area is 138 Å². The first kappa shape index (κ1) is 15.5. The van der Waals surface area contributed by atoms with E-state index >= 15 is 0 Å². The maximum atomic E-state index is 10.8. The van der Waals surface area contributed by atoms with Crippen LogP contribution in [0.4, 0.5) is 11.4 Å². The molecular weight excluding hydrogens is 306 g/mol. The highest BCUT2D eigenvalue weighted by Crippen LogP contribution is 2.26. The number of hydrogen-bond acceptors (Lipinski definition) is 5. The average molecular weight is 321 g/mol. The van der Waals surface area contributed by atoms with Gasteiger partial charge in [-0.05, 0) is 22.9 Å². The van der Waals surface area contributed by atoms with Gasteiger partial charge in [-0.3, -0.25) is 15.5 Å². The van der Waals surface area contributed by atoms with Crippen LogP contribution in [-0.2, 0) is 0 Å². The summed E-state index contributed by atoms with van der Waals surface area (Å²) in [5.74, 6) is 0.707. The smallest absolute Gasteiger partial charge is 0.271 e. The maximum absolute atomic E-state index is 10.8. The minimum absolute atomic E-state index is 0.0120. The Bertz CT molecular complexity index is 922. The predicted molar refractivity (Wildman–Crippen MR) is 94.8 cm³/mol. The Morgan fingerprint density at radius 2 is 1.96 bits per heavy atom. The van der Waals surface area contributed by atoms with Crippen LogP contribution >= 0.6 is 0 Å². The van der Waals surface area contributed by atoms with Crippen LogP contribution in [0.2, 0.25) is 0 Å². The van der Waals surface area contributed by atoms with Gasteiger partial charge in [0.2, 0.25) is 0 Å². The van der Waals surface area contributed by atoms with Crippen molar-refractivity contribution in [2.24, 2.45) is 5.10 Å². The van der Waals surface area contributed by atoms with Crippen LogP contribution in [0.5, 0.6) is 5.75 Å². The SMILES string of the molecule is COc1ccc2ccccc2c1/C=N\Nc1cccc([N+](=O)[O-])c1. The summed E-state index contributed by atoms with van der Waals surface area (Å²) in [6, 6.07) is 18.0. The van der Waals surface area contributed by atoms with Gasteiger partial charge in [-0.25, -0.2) is 0 Å². The zero-order valence-corrected chi connectivity index (χ0v) is 13.0. The van der Waals surface area contributed by atoms with Crippen molar-refractivity contribution >= 4 is 28.4 Å². The second kappa shape index (κ2) is 6.78. The number of nitrogens with one attached hydrogen (secondary N) is 1. The Morgan fingerprint density at radius 1 is 1.12 bits per heavy atom. The highest BCUT2D eigenvalue weighted by molar-refractivity contribution is 6.02. The fourth-order valence-electron chi connectivity index (χ4n) is 2.45. The van der Waals surface area contributed by atoms with Gasteiger partial charge in [0.1, 0.15) is 5.75 Å². The number of non-ortho nitro benzene ring substituents is 1. The molecule has 0 aromatic heterocycles. The zero-order valence-electron chi connectivity index (χ0n) is 13.0. The van der Waals surface area contributed by atoms with Crippen LogP contribution in [0.1, 0.15) is 5.56 Å². The average Bonchev–Trinajstić information content (AvgIpc) is 2.62. The minimum Gasteiger partial charge on any atom is -0.496 e. The van der Waals surface area contributed by atoms with Crippen LogP contribution in [0.25, 0.3) is 10.8 Å². The summed E-state index contributed by atoms with van der Waals surface area (Å²) in [5.41, 5.74) is 4.21. The van der Waals surface area contributed by atoms with Crippen LogP contribution in [0, 0.1) is 10.1 Å². The number of methoxy groups -OCH3 is 1. The molecule has 0 atom stereocenters. The molecule has 0 saturated carbocycles. The molecule has 0 heterocycles. The molecule has 0 radical (unpaired) electrons. The number of anilines is 1. The monoisotopic (exact) mass is 321 g/mol. The molecule has 120 valence electrons. The van der Waals surface area contributed by atoms with Crippen molar-refractivity contribution in [2.45, 2.75) is 0 Å². The highest BCUT2D eigenvalue weighted by atomic mass is 16.6. The van der Waals surface area contributed by atoms with Gasteiger partial charge in [-0.15, -0.1) is 0 Å². The fourth-order valence-corrected chi connectivity index (χ4v) is 2.45. The Hall–Kier alpha value is -3.41. The number of nitro benzene ring substituents is 1. The molecule has 0 amide bonds. The number of ether oxygens (including phenoxy) is 1. The lowest BCUT2D eigenvalue weighted by Crippen LogP contribution is -1.96. The molecule has 3 aromatic rings. The van der Waals surface area contributed by atoms with E-state index in [1.54, 1.807) is 25.5 Å². The van der Waals surface area contributed by atoms with Crippen LogP contribution in [0.15, 0.2) is 65.8 Å². The summed E-state index contributed by atoms with van der Waals surface area (Å²) in [6.45, 7) is 0. The van der Waals surface area contributed by atoms with E-state index < -0.39 is 4.92 Å². The lowest BCUT2D eigenvalue weighted by atomic mass is 10.0. The quantitative estimate of drug-likeness (QED) is 0.434. The second-order valence-electron chi connectivity index (χ2n) is 5.08. The first-order chi connectivity index (χ1) is 11.7. The fraction of sp³-hybridized carbons (Fsp3) is 0.0556. The zero-order chi connectivity index (χ0) is 16.9. The molecule has 1 N–H and O–H groups in total. The van der Waals surface area contributed by atoms with E-state index in [0.29, 0.717) is 11.4 Å². The lowest BCUT2D eigenvalue weighted by Gasteiger charge is -2.08. The molecule has 0 aliphatic carbocycles. The molecule has 6 heteroatoms. The molecule has 24 heavy (non-hydrogen) atoms. The van der Waals surface area contributed by atoms with E-state index in [1.807, 2.05) is 36.4 Å². The third-order valence-corrected chi connectivity index (χ3v) is 3.59. The van der Waals surface area contributed by atoms with Gasteiger partial charge in [-0.1, -0.05) is 36.4 Å². The highest BCUT2D eigenvalue weighted by Gasteiger charge is 2.07. The van der Waals surface area contributed by atoms with Crippen molar-refractivity contribution in [3.05, 3.63) is 76.3 Å². The van der Waals surface area contributed by atoms with E-state index in [-0.39, 0.29) is 5.69 Å². The number of fused-ring (bicyclic) bond motifs is 1. The molecular formula is C18H15N3O3. The Kier molecular flexibility index (Phi) is 4.38. The first-order valence-electron chi connectivity index (χ1n) is 7.28. The molecule has 0 saturated heterocycles. The van der Waals surface area contributed by atoms with Gasteiger partial charge < -0.3 is 4.74 Å². The second-order valence-corrected chi connectivity index (χ2v) is 5.08. The van der Waals surface area contributed by atoms with Crippen molar-refractivity contribution < 1.29 is 9.66 Å². The van der Waals surface area contributed by atoms with Crippen molar-refractivity contribution in [2.75, 3.05) is 12.5 Å². The molecule has 6 nitrogen and oxygen atoms in total.